The van der Waals surface area contributed by atoms with Gasteiger partial charge in [0.25, 0.3) is 0 Å². The van der Waals surface area contributed by atoms with Crippen molar-refractivity contribution in [3.63, 3.8) is 0 Å². The van der Waals surface area contributed by atoms with Crippen molar-refractivity contribution < 1.29 is 13.5 Å². The Morgan fingerprint density at radius 3 is 2.09 bits per heavy atom. The number of rotatable bonds is 7. The third kappa shape index (κ3) is 4.91. The predicted octanol–water partition coefficient (Wildman–Crippen LogP) is 7.91. The first-order chi connectivity index (χ1) is 15.6. The summed E-state index contributed by atoms with van der Waals surface area (Å²) in [4.78, 5) is 4.36. The van der Waals surface area contributed by atoms with Crippen molar-refractivity contribution in [3.05, 3.63) is 77.6 Å². The Balaban J connectivity index is 1.51. The van der Waals surface area contributed by atoms with Crippen LogP contribution in [0, 0.1) is 17.6 Å². The third-order valence-corrected chi connectivity index (χ3v) is 6.38. The van der Waals surface area contributed by atoms with Crippen molar-refractivity contribution in [2.24, 2.45) is 5.92 Å². The lowest BCUT2D eigenvalue weighted by Crippen LogP contribution is -2.20. The smallest absolute Gasteiger partial charge is 0.167 e. The standard InChI is InChI=1S/C28H31F2NO/c1-3-5-19-7-16-26(32-18-19)21-10-8-20(9-11-21)24-14-15-25(28(30)27(24)29)22-12-13-23(6-4-2)31-17-22/h8-15,17,19,26H,3-7,16,18H2,1-2H3. The fraction of sp³-hybridized carbons (Fsp3) is 0.393. The van der Waals surface area contributed by atoms with E-state index in [4.69, 9.17) is 4.74 Å². The number of benzene rings is 2. The van der Waals surface area contributed by atoms with Gasteiger partial charge in [-0.3, -0.25) is 4.98 Å². The zero-order valence-electron chi connectivity index (χ0n) is 18.9. The van der Waals surface area contributed by atoms with E-state index in [9.17, 15) is 8.78 Å². The molecule has 0 radical (unpaired) electrons. The van der Waals surface area contributed by atoms with Crippen molar-refractivity contribution in [1.29, 1.82) is 0 Å². The second-order valence-corrected chi connectivity index (χ2v) is 8.75. The maximum Gasteiger partial charge on any atom is 0.167 e. The molecular weight excluding hydrogens is 404 g/mol. The van der Waals surface area contributed by atoms with E-state index in [-0.39, 0.29) is 17.2 Å². The van der Waals surface area contributed by atoms with Crippen LogP contribution in [0.1, 0.15) is 63.3 Å². The summed E-state index contributed by atoms with van der Waals surface area (Å²) < 4.78 is 36.0. The largest absolute Gasteiger partial charge is 0.373 e. The minimum atomic E-state index is -0.839. The Labute approximate surface area is 189 Å². The van der Waals surface area contributed by atoms with Crippen LogP contribution in [0.2, 0.25) is 0 Å². The average Bonchev–Trinajstić information content (AvgIpc) is 2.83. The summed E-state index contributed by atoms with van der Waals surface area (Å²) in [5.41, 5.74) is 3.79. The number of aromatic nitrogens is 1. The number of aryl methyl sites for hydroxylation is 1. The van der Waals surface area contributed by atoms with E-state index in [1.54, 1.807) is 24.4 Å². The van der Waals surface area contributed by atoms with Gasteiger partial charge in [-0.25, -0.2) is 8.78 Å². The molecule has 32 heavy (non-hydrogen) atoms. The van der Waals surface area contributed by atoms with E-state index in [2.05, 4.69) is 18.8 Å². The second-order valence-electron chi connectivity index (χ2n) is 8.75. The van der Waals surface area contributed by atoms with Gasteiger partial charge in [0.15, 0.2) is 11.6 Å². The lowest BCUT2D eigenvalue weighted by atomic mass is 9.91. The van der Waals surface area contributed by atoms with Crippen molar-refractivity contribution in [3.8, 4) is 22.3 Å². The van der Waals surface area contributed by atoms with E-state index >= 15 is 0 Å². The average molecular weight is 436 g/mol. The zero-order chi connectivity index (χ0) is 22.5. The van der Waals surface area contributed by atoms with Crippen LogP contribution in [0.5, 0.6) is 0 Å². The topological polar surface area (TPSA) is 22.1 Å². The number of hydrogen-bond acceptors (Lipinski definition) is 2. The van der Waals surface area contributed by atoms with Gasteiger partial charge >= 0.3 is 0 Å². The summed E-state index contributed by atoms with van der Waals surface area (Å²) >= 11 is 0. The predicted molar refractivity (Wildman–Crippen MR) is 125 cm³/mol. The van der Waals surface area contributed by atoms with Crippen LogP contribution in [-0.4, -0.2) is 11.6 Å². The number of nitrogens with zero attached hydrogens (tertiary/aromatic N) is 1. The molecule has 0 amide bonds. The van der Waals surface area contributed by atoms with Gasteiger partial charge in [0, 0.05) is 28.6 Å². The van der Waals surface area contributed by atoms with E-state index < -0.39 is 11.6 Å². The first kappa shape index (κ1) is 22.6. The van der Waals surface area contributed by atoms with Crippen LogP contribution in [0.25, 0.3) is 22.3 Å². The van der Waals surface area contributed by atoms with Crippen LogP contribution in [-0.2, 0) is 11.2 Å². The number of hydrogen-bond donors (Lipinski definition) is 0. The first-order valence-electron chi connectivity index (χ1n) is 11.8. The molecule has 168 valence electrons. The van der Waals surface area contributed by atoms with Crippen molar-refractivity contribution in [2.75, 3.05) is 6.61 Å². The number of ether oxygens (including phenoxy) is 1. The quantitative estimate of drug-likeness (QED) is 0.376. The molecule has 0 N–H and O–H groups in total. The fourth-order valence-electron chi connectivity index (χ4n) is 4.57. The van der Waals surface area contributed by atoms with E-state index in [1.807, 2.05) is 30.3 Å². The second kappa shape index (κ2) is 10.4. The molecule has 0 saturated carbocycles. The Kier molecular flexibility index (Phi) is 7.31. The minimum Gasteiger partial charge on any atom is -0.373 e. The lowest BCUT2D eigenvalue weighted by molar-refractivity contribution is -0.0194. The summed E-state index contributed by atoms with van der Waals surface area (Å²) in [5.74, 6) is -1.01. The van der Waals surface area contributed by atoms with Gasteiger partial charge in [-0.1, -0.05) is 69.2 Å². The van der Waals surface area contributed by atoms with Gasteiger partial charge in [-0.15, -0.1) is 0 Å². The van der Waals surface area contributed by atoms with Crippen molar-refractivity contribution in [2.45, 2.75) is 58.5 Å². The number of halogens is 2. The molecule has 2 unspecified atom stereocenters. The molecule has 1 aliphatic heterocycles. The molecule has 4 rings (SSSR count). The Morgan fingerprint density at radius 2 is 1.53 bits per heavy atom. The Hall–Kier alpha value is -2.59. The van der Waals surface area contributed by atoms with E-state index in [0.717, 1.165) is 37.1 Å². The molecule has 0 aliphatic carbocycles. The maximum absolute atomic E-state index is 15.0. The zero-order valence-corrected chi connectivity index (χ0v) is 18.9. The first-order valence-corrected chi connectivity index (χ1v) is 11.8. The molecule has 2 atom stereocenters. The molecule has 0 spiro atoms. The van der Waals surface area contributed by atoms with Gasteiger partial charge in [-0.2, -0.15) is 0 Å². The summed E-state index contributed by atoms with van der Waals surface area (Å²) in [6.45, 7) is 5.09. The molecule has 2 nitrogen and oxygen atoms in total. The molecule has 1 aliphatic rings. The maximum atomic E-state index is 15.0. The Morgan fingerprint density at radius 1 is 0.844 bits per heavy atom. The van der Waals surface area contributed by atoms with Crippen LogP contribution < -0.4 is 0 Å². The van der Waals surface area contributed by atoms with Crippen molar-refractivity contribution >= 4 is 0 Å². The summed E-state index contributed by atoms with van der Waals surface area (Å²) in [7, 11) is 0. The highest BCUT2D eigenvalue weighted by molar-refractivity contribution is 5.71. The third-order valence-electron chi connectivity index (χ3n) is 6.38. The Bertz CT molecular complexity index is 1020. The lowest BCUT2D eigenvalue weighted by Gasteiger charge is -2.29. The van der Waals surface area contributed by atoms with E-state index in [1.165, 1.54) is 19.3 Å². The monoisotopic (exact) mass is 435 g/mol. The van der Waals surface area contributed by atoms with Crippen LogP contribution in [0.3, 0.4) is 0 Å². The van der Waals surface area contributed by atoms with Gasteiger partial charge in [-0.05, 0) is 48.8 Å². The molecule has 1 aromatic heterocycles. The highest BCUT2D eigenvalue weighted by Gasteiger charge is 2.23. The van der Waals surface area contributed by atoms with Crippen LogP contribution >= 0.6 is 0 Å². The molecule has 3 aromatic rings. The van der Waals surface area contributed by atoms with Gasteiger partial charge in [0.05, 0.1) is 12.7 Å². The molecule has 4 heteroatoms. The fourth-order valence-corrected chi connectivity index (χ4v) is 4.57. The minimum absolute atomic E-state index is 0.0873. The molecule has 0 bridgehead atoms. The molecular formula is C28H31F2NO. The van der Waals surface area contributed by atoms with E-state index in [0.29, 0.717) is 17.0 Å². The van der Waals surface area contributed by atoms with Gasteiger partial charge in [0.2, 0.25) is 0 Å². The highest BCUT2D eigenvalue weighted by atomic mass is 19.2. The van der Waals surface area contributed by atoms with Gasteiger partial charge < -0.3 is 4.74 Å². The van der Waals surface area contributed by atoms with Gasteiger partial charge in [0.1, 0.15) is 0 Å². The van der Waals surface area contributed by atoms with Crippen LogP contribution in [0.4, 0.5) is 8.78 Å². The summed E-state index contributed by atoms with van der Waals surface area (Å²) in [6, 6.07) is 14.6. The molecule has 1 saturated heterocycles. The molecule has 2 aromatic carbocycles. The highest BCUT2D eigenvalue weighted by Crippen LogP contribution is 2.35. The van der Waals surface area contributed by atoms with Crippen LogP contribution in [0.15, 0.2) is 54.7 Å². The molecule has 1 fully saturated rings. The normalized spacial score (nSPS) is 18.6. The molecule has 2 heterocycles. The van der Waals surface area contributed by atoms with Crippen molar-refractivity contribution in [1.82, 2.24) is 4.98 Å². The number of pyridine rings is 1. The summed E-state index contributed by atoms with van der Waals surface area (Å²) in [5, 5.41) is 0. The SMILES string of the molecule is CCCc1ccc(-c2ccc(-c3ccc(C4CCC(CCC)CO4)cc3)c(F)c2F)cn1. The summed E-state index contributed by atoms with van der Waals surface area (Å²) in [6.07, 6.45) is 8.16.